The van der Waals surface area contributed by atoms with Crippen molar-refractivity contribution in [2.24, 2.45) is 0 Å². The summed E-state index contributed by atoms with van der Waals surface area (Å²) in [4.78, 5) is 6.46. The number of rotatable bonds is 3. The van der Waals surface area contributed by atoms with E-state index in [2.05, 4.69) is 28.3 Å². The summed E-state index contributed by atoms with van der Waals surface area (Å²) < 4.78 is 5.38. The topological polar surface area (TPSA) is 37.4 Å². The van der Waals surface area contributed by atoms with Gasteiger partial charge in [0.25, 0.3) is 0 Å². The highest BCUT2D eigenvalue weighted by atomic mass is 16.5. The van der Waals surface area contributed by atoms with E-state index in [1.165, 1.54) is 5.69 Å². The van der Waals surface area contributed by atoms with Crippen LogP contribution in [0.4, 0.5) is 11.5 Å². The van der Waals surface area contributed by atoms with E-state index in [-0.39, 0.29) is 0 Å². The quantitative estimate of drug-likeness (QED) is 0.811. The highest BCUT2D eigenvalue weighted by Gasteiger charge is 2.20. The Morgan fingerprint density at radius 3 is 3.13 bits per heavy atom. The predicted octanol–water partition coefficient (Wildman–Crippen LogP) is 1.35. The first-order valence-corrected chi connectivity index (χ1v) is 5.25. The van der Waals surface area contributed by atoms with Gasteiger partial charge < -0.3 is 15.0 Å². The van der Waals surface area contributed by atoms with Crippen LogP contribution in [-0.2, 0) is 4.74 Å². The van der Waals surface area contributed by atoms with E-state index in [4.69, 9.17) is 4.74 Å². The van der Waals surface area contributed by atoms with Crippen molar-refractivity contribution in [3.8, 4) is 0 Å². The molecule has 1 N–H and O–H groups in total. The van der Waals surface area contributed by atoms with E-state index < -0.39 is 0 Å². The maximum Gasteiger partial charge on any atom is 0.127 e. The number of aromatic nitrogens is 1. The zero-order chi connectivity index (χ0) is 10.7. The summed E-state index contributed by atoms with van der Waals surface area (Å²) in [6, 6.07) is 4.58. The fourth-order valence-corrected chi connectivity index (χ4v) is 1.81. The second-order valence-corrected chi connectivity index (χ2v) is 3.78. The lowest BCUT2D eigenvalue weighted by atomic mass is 10.2. The Balaban J connectivity index is 2.13. The van der Waals surface area contributed by atoms with Crippen LogP contribution in [0.1, 0.15) is 6.42 Å². The van der Waals surface area contributed by atoms with Crippen molar-refractivity contribution in [3.63, 3.8) is 0 Å². The number of nitrogens with one attached hydrogen (secondary N) is 1. The van der Waals surface area contributed by atoms with Crippen molar-refractivity contribution in [2.45, 2.75) is 12.5 Å². The van der Waals surface area contributed by atoms with Crippen molar-refractivity contribution in [2.75, 3.05) is 37.5 Å². The van der Waals surface area contributed by atoms with Crippen molar-refractivity contribution >= 4 is 11.5 Å². The highest BCUT2D eigenvalue weighted by molar-refractivity contribution is 5.53. The van der Waals surface area contributed by atoms with E-state index in [9.17, 15) is 0 Å². The SMILES string of the molecule is CNc1cc(N(C)C2CCOC2)ccn1. The first kappa shape index (κ1) is 10.2. The summed E-state index contributed by atoms with van der Waals surface area (Å²) in [6.45, 7) is 1.70. The van der Waals surface area contributed by atoms with Crippen LogP contribution in [0, 0.1) is 0 Å². The van der Waals surface area contributed by atoms with Crippen molar-refractivity contribution in [1.82, 2.24) is 4.98 Å². The van der Waals surface area contributed by atoms with Gasteiger partial charge in [0.1, 0.15) is 5.82 Å². The van der Waals surface area contributed by atoms with Gasteiger partial charge in [0.15, 0.2) is 0 Å². The highest BCUT2D eigenvalue weighted by Crippen LogP contribution is 2.21. The molecule has 1 atom stereocenters. The molecule has 2 heterocycles. The molecule has 2 rings (SSSR count). The van der Waals surface area contributed by atoms with Gasteiger partial charge in [0.2, 0.25) is 0 Å². The first-order chi connectivity index (χ1) is 7.31. The third kappa shape index (κ3) is 2.21. The second kappa shape index (κ2) is 4.49. The van der Waals surface area contributed by atoms with Crippen LogP contribution in [0.3, 0.4) is 0 Å². The lowest BCUT2D eigenvalue weighted by molar-refractivity contribution is 0.193. The molecule has 82 valence electrons. The summed E-state index contributed by atoms with van der Waals surface area (Å²) in [6.07, 6.45) is 2.93. The Hall–Kier alpha value is -1.29. The largest absolute Gasteiger partial charge is 0.379 e. The minimum Gasteiger partial charge on any atom is -0.379 e. The summed E-state index contributed by atoms with van der Waals surface area (Å²) in [7, 11) is 3.99. The van der Waals surface area contributed by atoms with Crippen LogP contribution in [0.15, 0.2) is 18.3 Å². The molecule has 4 nitrogen and oxygen atoms in total. The molecule has 0 spiro atoms. The van der Waals surface area contributed by atoms with Crippen molar-refractivity contribution < 1.29 is 4.74 Å². The van der Waals surface area contributed by atoms with Gasteiger partial charge in [-0.15, -0.1) is 0 Å². The monoisotopic (exact) mass is 207 g/mol. The molecule has 15 heavy (non-hydrogen) atoms. The summed E-state index contributed by atoms with van der Waals surface area (Å²) in [5.41, 5.74) is 1.19. The van der Waals surface area contributed by atoms with E-state index in [0.29, 0.717) is 6.04 Å². The van der Waals surface area contributed by atoms with Gasteiger partial charge in [-0.05, 0) is 12.5 Å². The molecule has 0 aliphatic carbocycles. The molecule has 1 aromatic rings. The molecule has 0 saturated carbocycles. The summed E-state index contributed by atoms with van der Waals surface area (Å²) in [5, 5.41) is 3.04. The zero-order valence-corrected chi connectivity index (χ0v) is 9.23. The molecule has 1 aliphatic rings. The zero-order valence-electron chi connectivity index (χ0n) is 9.23. The Labute approximate surface area is 90.3 Å². The van der Waals surface area contributed by atoms with Gasteiger partial charge in [-0.3, -0.25) is 0 Å². The average molecular weight is 207 g/mol. The Morgan fingerprint density at radius 1 is 1.60 bits per heavy atom. The molecule has 0 aromatic carbocycles. The van der Waals surface area contributed by atoms with Gasteiger partial charge in [-0.25, -0.2) is 4.98 Å². The molecule has 0 bridgehead atoms. The summed E-state index contributed by atoms with van der Waals surface area (Å²) in [5.74, 6) is 0.901. The minimum absolute atomic E-state index is 0.497. The minimum atomic E-state index is 0.497. The third-order valence-corrected chi connectivity index (χ3v) is 2.86. The lowest BCUT2D eigenvalue weighted by Crippen LogP contribution is -2.31. The Kier molecular flexibility index (Phi) is 3.06. The van der Waals surface area contributed by atoms with Gasteiger partial charge in [0.05, 0.1) is 12.6 Å². The van der Waals surface area contributed by atoms with Gasteiger partial charge >= 0.3 is 0 Å². The van der Waals surface area contributed by atoms with Crippen LogP contribution in [0.2, 0.25) is 0 Å². The maximum absolute atomic E-state index is 5.38. The number of ether oxygens (including phenoxy) is 1. The molecule has 1 aliphatic heterocycles. The molecule has 1 fully saturated rings. The third-order valence-electron chi connectivity index (χ3n) is 2.86. The molecule has 1 saturated heterocycles. The predicted molar refractivity (Wildman–Crippen MR) is 61.4 cm³/mol. The van der Waals surface area contributed by atoms with Gasteiger partial charge in [-0.1, -0.05) is 0 Å². The number of likely N-dealkylation sites (N-methyl/N-ethyl adjacent to an activating group) is 1. The number of nitrogens with zero attached hydrogens (tertiary/aromatic N) is 2. The lowest BCUT2D eigenvalue weighted by Gasteiger charge is -2.25. The summed E-state index contributed by atoms with van der Waals surface area (Å²) >= 11 is 0. The van der Waals surface area contributed by atoms with Gasteiger partial charge in [0, 0.05) is 38.7 Å². The second-order valence-electron chi connectivity index (χ2n) is 3.78. The molecular formula is C11H17N3O. The smallest absolute Gasteiger partial charge is 0.127 e. The van der Waals surface area contributed by atoms with Crippen LogP contribution in [0.25, 0.3) is 0 Å². The van der Waals surface area contributed by atoms with Gasteiger partial charge in [-0.2, -0.15) is 0 Å². The number of hydrogen-bond donors (Lipinski definition) is 1. The Morgan fingerprint density at radius 2 is 2.47 bits per heavy atom. The molecule has 0 radical (unpaired) electrons. The van der Waals surface area contributed by atoms with Crippen LogP contribution in [-0.4, -0.2) is 38.3 Å². The number of hydrogen-bond acceptors (Lipinski definition) is 4. The normalized spacial score (nSPS) is 20.3. The maximum atomic E-state index is 5.38. The molecule has 0 amide bonds. The van der Waals surface area contributed by atoms with E-state index >= 15 is 0 Å². The molecule has 1 aromatic heterocycles. The fourth-order valence-electron chi connectivity index (χ4n) is 1.81. The molecular weight excluding hydrogens is 190 g/mol. The average Bonchev–Trinajstić information content (AvgIpc) is 2.81. The number of anilines is 2. The van der Waals surface area contributed by atoms with E-state index in [1.54, 1.807) is 0 Å². The van der Waals surface area contributed by atoms with E-state index in [1.807, 2.05) is 19.3 Å². The van der Waals surface area contributed by atoms with Crippen molar-refractivity contribution in [1.29, 1.82) is 0 Å². The first-order valence-electron chi connectivity index (χ1n) is 5.25. The fraction of sp³-hybridized carbons (Fsp3) is 0.545. The van der Waals surface area contributed by atoms with Crippen LogP contribution in [0.5, 0.6) is 0 Å². The van der Waals surface area contributed by atoms with Crippen LogP contribution >= 0.6 is 0 Å². The van der Waals surface area contributed by atoms with Crippen molar-refractivity contribution in [3.05, 3.63) is 18.3 Å². The number of pyridine rings is 1. The standard InChI is InChI=1S/C11H17N3O/c1-12-11-7-9(3-5-13-11)14(2)10-4-6-15-8-10/h3,5,7,10H,4,6,8H2,1-2H3,(H,12,13). The Bertz CT molecular complexity index is 323. The molecule has 1 unspecified atom stereocenters. The van der Waals surface area contributed by atoms with E-state index in [0.717, 1.165) is 25.5 Å². The van der Waals surface area contributed by atoms with Crippen LogP contribution < -0.4 is 10.2 Å². The molecule has 4 heteroatoms.